The molecule has 1 amide bonds. The molecule has 1 aliphatic heterocycles. The molecule has 0 spiro atoms. The lowest BCUT2D eigenvalue weighted by Gasteiger charge is -2.32. The number of nitriles is 1. The summed E-state index contributed by atoms with van der Waals surface area (Å²) in [6.45, 7) is 0.660. The second-order valence-electron chi connectivity index (χ2n) is 10.3. The number of hydrogen-bond donors (Lipinski definition) is 5. The van der Waals surface area contributed by atoms with Crippen molar-refractivity contribution in [2.45, 2.75) is 30.6 Å². The molecule has 216 valence electrons. The molecule has 3 aromatic carbocycles. The van der Waals surface area contributed by atoms with E-state index < -0.39 is 35.2 Å². The molecular formula is C30H27F4N7O. The minimum atomic E-state index is -5.11. The number of nitrogens with one attached hydrogen (secondary N) is 4. The van der Waals surface area contributed by atoms with Crippen LogP contribution in [0.15, 0.2) is 79.0 Å². The van der Waals surface area contributed by atoms with Gasteiger partial charge in [0.25, 0.3) is 5.91 Å². The Bertz CT molecular complexity index is 1590. The third-order valence-electron chi connectivity index (χ3n) is 7.24. The van der Waals surface area contributed by atoms with Crippen LogP contribution >= 0.6 is 0 Å². The van der Waals surface area contributed by atoms with Crippen LogP contribution in [0.25, 0.3) is 0 Å². The number of carbonyl (C=O) groups excluding carboxylic acids is 1. The van der Waals surface area contributed by atoms with Gasteiger partial charge in [0, 0.05) is 11.8 Å². The molecule has 3 aromatic rings. The van der Waals surface area contributed by atoms with E-state index in [4.69, 9.17) is 11.1 Å². The molecule has 0 aromatic heterocycles. The molecule has 0 radical (unpaired) electrons. The van der Waals surface area contributed by atoms with Crippen LogP contribution in [0.5, 0.6) is 0 Å². The van der Waals surface area contributed by atoms with Crippen molar-refractivity contribution >= 4 is 23.1 Å². The Hall–Kier alpha value is -4.73. The maximum absolute atomic E-state index is 15.0. The van der Waals surface area contributed by atoms with E-state index >= 15 is 0 Å². The number of halogens is 4. The minimum Gasteiger partial charge on any atom is -0.384 e. The van der Waals surface area contributed by atoms with Gasteiger partial charge >= 0.3 is 6.18 Å². The summed E-state index contributed by atoms with van der Waals surface area (Å²) in [4.78, 5) is 13.3. The van der Waals surface area contributed by atoms with Crippen LogP contribution in [0, 0.1) is 28.5 Å². The number of hydrogen-bond acceptors (Lipinski definition) is 6. The first-order valence-corrected chi connectivity index (χ1v) is 13.1. The number of anilines is 2. The van der Waals surface area contributed by atoms with Gasteiger partial charge in [0.2, 0.25) is 5.54 Å². The molecule has 0 bridgehead atoms. The standard InChI is InChI=1S/C30H27F4N7O/c31-24-10-9-21(26(38-17-18-7-8-18)20-4-1-3-19(13-20)16-35)15-25(24)39-28(42)29(30(32,33)34)11-12-41(40-29)23-6-2-5-22(14-23)27(36)37/h1-6,9-15,18,26,38,40H,7-8,17H2,(H3,36,37)(H,39,42). The Morgan fingerprint density at radius 2 is 1.88 bits per heavy atom. The number of nitrogen functional groups attached to an aromatic ring is 1. The highest BCUT2D eigenvalue weighted by Crippen LogP contribution is 2.38. The van der Waals surface area contributed by atoms with Gasteiger partial charge in [-0.25, -0.2) is 9.82 Å². The van der Waals surface area contributed by atoms with E-state index in [1.54, 1.807) is 24.3 Å². The van der Waals surface area contributed by atoms with Crippen molar-refractivity contribution in [1.82, 2.24) is 10.7 Å². The van der Waals surface area contributed by atoms with Gasteiger partial charge < -0.3 is 16.4 Å². The van der Waals surface area contributed by atoms with E-state index in [1.165, 1.54) is 36.4 Å². The van der Waals surface area contributed by atoms with Crippen molar-refractivity contribution in [3.8, 4) is 6.07 Å². The van der Waals surface area contributed by atoms with Gasteiger partial charge in [-0.2, -0.15) is 18.4 Å². The second-order valence-corrected chi connectivity index (χ2v) is 10.3. The Morgan fingerprint density at radius 1 is 1.14 bits per heavy atom. The zero-order valence-corrected chi connectivity index (χ0v) is 22.2. The highest BCUT2D eigenvalue weighted by atomic mass is 19.4. The monoisotopic (exact) mass is 577 g/mol. The SMILES string of the molecule is N#Cc1cccc(C(NCC2CC2)c2ccc(F)c(NC(=O)C3(C(F)(F)F)C=CN(c4cccc(C(=N)N)c4)N3)c2)c1. The van der Waals surface area contributed by atoms with Crippen molar-refractivity contribution in [2.24, 2.45) is 11.7 Å². The van der Waals surface area contributed by atoms with Gasteiger partial charge in [-0.3, -0.25) is 15.2 Å². The molecule has 6 N–H and O–H groups in total. The molecule has 42 heavy (non-hydrogen) atoms. The van der Waals surface area contributed by atoms with E-state index in [0.717, 1.165) is 30.1 Å². The average molecular weight is 578 g/mol. The summed E-state index contributed by atoms with van der Waals surface area (Å²) >= 11 is 0. The van der Waals surface area contributed by atoms with Crippen LogP contribution < -0.4 is 26.8 Å². The summed E-state index contributed by atoms with van der Waals surface area (Å²) in [5.74, 6) is -2.25. The lowest BCUT2D eigenvalue weighted by molar-refractivity contribution is -0.183. The third kappa shape index (κ3) is 5.83. The molecular weight excluding hydrogens is 550 g/mol. The molecule has 0 saturated heterocycles. The molecule has 8 nitrogen and oxygen atoms in total. The Labute approximate surface area is 239 Å². The summed E-state index contributed by atoms with van der Waals surface area (Å²) in [7, 11) is 0. The van der Waals surface area contributed by atoms with Crippen LogP contribution in [-0.2, 0) is 4.79 Å². The fourth-order valence-corrected chi connectivity index (χ4v) is 4.70. The van der Waals surface area contributed by atoms with Gasteiger partial charge in [0.15, 0.2) is 0 Å². The maximum Gasteiger partial charge on any atom is 0.421 e. The molecule has 1 heterocycles. The first-order valence-electron chi connectivity index (χ1n) is 13.1. The van der Waals surface area contributed by atoms with E-state index in [0.29, 0.717) is 35.2 Å². The zero-order chi connectivity index (χ0) is 30.1. The van der Waals surface area contributed by atoms with Crippen molar-refractivity contribution in [3.05, 3.63) is 107 Å². The fourth-order valence-electron chi connectivity index (χ4n) is 4.70. The zero-order valence-electron chi connectivity index (χ0n) is 22.2. The number of nitrogens with zero attached hydrogens (tertiary/aromatic N) is 2. The van der Waals surface area contributed by atoms with Crippen molar-refractivity contribution in [3.63, 3.8) is 0 Å². The summed E-state index contributed by atoms with van der Waals surface area (Å²) < 4.78 is 58.4. The number of alkyl halides is 3. The van der Waals surface area contributed by atoms with Crippen molar-refractivity contribution < 1.29 is 22.4 Å². The summed E-state index contributed by atoms with van der Waals surface area (Å²) in [5, 5.41) is 23.5. The normalized spacial score (nSPS) is 18.9. The molecule has 1 fully saturated rings. The molecule has 2 atom stereocenters. The predicted molar refractivity (Wildman–Crippen MR) is 150 cm³/mol. The van der Waals surface area contributed by atoms with Crippen molar-refractivity contribution in [2.75, 3.05) is 16.9 Å². The molecule has 2 unspecified atom stereocenters. The highest BCUT2D eigenvalue weighted by molar-refractivity contribution is 6.01. The van der Waals surface area contributed by atoms with Crippen LogP contribution in [0.2, 0.25) is 0 Å². The van der Waals surface area contributed by atoms with Gasteiger partial charge in [0.1, 0.15) is 11.7 Å². The number of rotatable bonds is 9. The number of amidine groups is 1. The van der Waals surface area contributed by atoms with Crippen LogP contribution in [0.1, 0.15) is 41.1 Å². The van der Waals surface area contributed by atoms with E-state index in [9.17, 15) is 27.6 Å². The minimum absolute atomic E-state index is 0.204. The highest BCUT2D eigenvalue weighted by Gasteiger charge is 2.62. The van der Waals surface area contributed by atoms with Gasteiger partial charge in [0.05, 0.1) is 29.0 Å². The van der Waals surface area contributed by atoms with E-state index in [1.807, 2.05) is 0 Å². The molecule has 1 aliphatic carbocycles. The number of carbonyl (C=O) groups is 1. The Kier molecular flexibility index (Phi) is 7.73. The summed E-state index contributed by atoms with van der Waals surface area (Å²) in [5.41, 5.74) is 6.17. The van der Waals surface area contributed by atoms with Gasteiger partial charge in [-0.05, 0) is 78.9 Å². The second kappa shape index (κ2) is 11.3. The predicted octanol–water partition coefficient (Wildman–Crippen LogP) is 4.85. The molecule has 2 aliphatic rings. The number of hydrazine groups is 1. The first kappa shape index (κ1) is 28.8. The van der Waals surface area contributed by atoms with Crippen LogP contribution in [0.4, 0.5) is 28.9 Å². The summed E-state index contributed by atoms with van der Waals surface area (Å²) in [6.07, 6.45) is -1.28. The quantitative estimate of drug-likeness (QED) is 0.141. The molecule has 5 rings (SSSR count). The van der Waals surface area contributed by atoms with Gasteiger partial charge in [-0.1, -0.05) is 30.3 Å². The fraction of sp³-hybridized carbons (Fsp3) is 0.233. The number of benzene rings is 3. The van der Waals surface area contributed by atoms with E-state index in [2.05, 4.69) is 22.1 Å². The molecule has 1 saturated carbocycles. The lowest BCUT2D eigenvalue weighted by atomic mass is 9.95. The van der Waals surface area contributed by atoms with Crippen LogP contribution in [-0.4, -0.2) is 30.0 Å². The Morgan fingerprint density at radius 3 is 2.57 bits per heavy atom. The smallest absolute Gasteiger partial charge is 0.384 e. The topological polar surface area (TPSA) is 130 Å². The Balaban J connectivity index is 1.44. The van der Waals surface area contributed by atoms with Gasteiger partial charge in [-0.15, -0.1) is 0 Å². The molecule has 12 heteroatoms. The number of amides is 1. The number of nitrogens with two attached hydrogens (primary N) is 1. The summed E-state index contributed by atoms with van der Waals surface area (Å²) in [6, 6.07) is 18.2. The third-order valence-corrected chi connectivity index (χ3v) is 7.24. The van der Waals surface area contributed by atoms with E-state index in [-0.39, 0.29) is 17.1 Å². The maximum atomic E-state index is 15.0. The largest absolute Gasteiger partial charge is 0.421 e. The average Bonchev–Trinajstić information content (AvgIpc) is 3.68. The van der Waals surface area contributed by atoms with Crippen molar-refractivity contribution in [1.29, 1.82) is 10.7 Å². The van der Waals surface area contributed by atoms with Crippen LogP contribution in [0.3, 0.4) is 0 Å². The lowest BCUT2D eigenvalue weighted by Crippen LogP contribution is -2.63. The first-order chi connectivity index (χ1) is 20.0.